The van der Waals surface area contributed by atoms with Crippen LogP contribution in [-0.4, -0.2) is 35.5 Å². The van der Waals surface area contributed by atoms with Crippen molar-refractivity contribution in [3.8, 4) is 0 Å². The standard InChI is InChI=1S/C17H27NOS/c19-12-11-18(13-16-7-3-1-4-8-16)14-17(15-20)9-5-2-6-10-17/h1,3-4,7-8,19-20H,2,5-6,9-15H2. The van der Waals surface area contributed by atoms with Crippen molar-refractivity contribution in [2.24, 2.45) is 5.41 Å². The van der Waals surface area contributed by atoms with Gasteiger partial charge in [-0.25, -0.2) is 0 Å². The molecule has 0 spiro atoms. The molecule has 1 fully saturated rings. The van der Waals surface area contributed by atoms with Crippen molar-refractivity contribution < 1.29 is 5.11 Å². The van der Waals surface area contributed by atoms with E-state index in [9.17, 15) is 5.11 Å². The number of hydrogen-bond acceptors (Lipinski definition) is 3. The molecule has 0 unspecified atom stereocenters. The summed E-state index contributed by atoms with van der Waals surface area (Å²) >= 11 is 4.63. The maximum Gasteiger partial charge on any atom is 0.0558 e. The van der Waals surface area contributed by atoms with Crippen molar-refractivity contribution in [2.75, 3.05) is 25.4 Å². The minimum absolute atomic E-state index is 0.232. The second-order valence-corrected chi connectivity index (χ2v) is 6.45. The molecule has 2 nitrogen and oxygen atoms in total. The Morgan fingerprint density at radius 3 is 2.40 bits per heavy atom. The molecule has 0 bridgehead atoms. The van der Waals surface area contributed by atoms with Gasteiger partial charge in [-0.05, 0) is 29.6 Å². The number of rotatable bonds is 7. The molecular weight excluding hydrogens is 266 g/mol. The topological polar surface area (TPSA) is 23.5 Å². The van der Waals surface area contributed by atoms with E-state index < -0.39 is 0 Å². The molecule has 0 aromatic heterocycles. The molecule has 1 aliphatic carbocycles. The van der Waals surface area contributed by atoms with Gasteiger partial charge in [-0.3, -0.25) is 4.90 Å². The van der Waals surface area contributed by atoms with Crippen LogP contribution in [0.15, 0.2) is 30.3 Å². The molecule has 0 radical (unpaired) electrons. The highest BCUT2D eigenvalue weighted by molar-refractivity contribution is 7.80. The van der Waals surface area contributed by atoms with E-state index in [2.05, 4.69) is 47.9 Å². The molecule has 112 valence electrons. The number of nitrogens with zero attached hydrogens (tertiary/aromatic N) is 1. The zero-order valence-electron chi connectivity index (χ0n) is 12.3. The quantitative estimate of drug-likeness (QED) is 0.753. The Hall–Kier alpha value is -0.510. The molecule has 0 atom stereocenters. The van der Waals surface area contributed by atoms with E-state index in [1.54, 1.807) is 0 Å². The maximum absolute atomic E-state index is 9.34. The Morgan fingerprint density at radius 1 is 1.10 bits per heavy atom. The van der Waals surface area contributed by atoms with E-state index in [0.29, 0.717) is 5.41 Å². The third-order valence-corrected chi connectivity index (χ3v) is 5.14. The van der Waals surface area contributed by atoms with Crippen LogP contribution in [0, 0.1) is 5.41 Å². The SMILES string of the molecule is OCCN(Cc1ccccc1)CC1(CS)CCCCC1. The highest BCUT2D eigenvalue weighted by atomic mass is 32.1. The predicted molar refractivity (Wildman–Crippen MR) is 88.2 cm³/mol. The predicted octanol–water partition coefficient (Wildman–Crippen LogP) is 3.36. The molecule has 1 aromatic rings. The first kappa shape index (κ1) is 15.9. The van der Waals surface area contributed by atoms with Gasteiger partial charge in [0.05, 0.1) is 6.61 Å². The van der Waals surface area contributed by atoms with Crippen molar-refractivity contribution in [3.63, 3.8) is 0 Å². The third kappa shape index (κ3) is 4.51. The van der Waals surface area contributed by atoms with Gasteiger partial charge in [0.1, 0.15) is 0 Å². The van der Waals surface area contributed by atoms with Gasteiger partial charge in [-0.15, -0.1) is 0 Å². The summed E-state index contributed by atoms with van der Waals surface area (Å²) in [5.74, 6) is 0.962. The number of hydrogen-bond donors (Lipinski definition) is 2. The minimum atomic E-state index is 0.232. The molecule has 3 heteroatoms. The van der Waals surface area contributed by atoms with Crippen LogP contribution in [-0.2, 0) is 6.54 Å². The Labute approximate surface area is 128 Å². The lowest BCUT2D eigenvalue weighted by Crippen LogP contribution is -2.41. The number of benzene rings is 1. The fourth-order valence-electron chi connectivity index (χ4n) is 3.34. The minimum Gasteiger partial charge on any atom is -0.395 e. The van der Waals surface area contributed by atoms with Gasteiger partial charge in [-0.2, -0.15) is 12.6 Å². The summed E-state index contributed by atoms with van der Waals surface area (Å²) in [6.07, 6.45) is 6.60. The van der Waals surface area contributed by atoms with Gasteiger partial charge in [0.2, 0.25) is 0 Å². The highest BCUT2D eigenvalue weighted by Crippen LogP contribution is 2.38. The molecule has 2 rings (SSSR count). The molecular formula is C17H27NOS. The molecule has 1 saturated carbocycles. The molecule has 0 heterocycles. The van der Waals surface area contributed by atoms with E-state index in [1.807, 2.05) is 0 Å². The smallest absolute Gasteiger partial charge is 0.0558 e. The summed E-state index contributed by atoms with van der Waals surface area (Å²) in [6.45, 7) is 2.97. The summed E-state index contributed by atoms with van der Waals surface area (Å²) in [6, 6.07) is 10.6. The van der Waals surface area contributed by atoms with Crippen LogP contribution in [0.4, 0.5) is 0 Å². The Bertz CT molecular complexity index is 376. The van der Waals surface area contributed by atoms with Crippen LogP contribution in [0.25, 0.3) is 0 Å². The molecule has 20 heavy (non-hydrogen) atoms. The van der Waals surface area contributed by atoms with Crippen molar-refractivity contribution in [1.82, 2.24) is 4.90 Å². The average Bonchev–Trinajstić information content (AvgIpc) is 2.49. The largest absolute Gasteiger partial charge is 0.395 e. The van der Waals surface area contributed by atoms with Crippen LogP contribution in [0.3, 0.4) is 0 Å². The molecule has 0 aliphatic heterocycles. The zero-order valence-corrected chi connectivity index (χ0v) is 13.2. The Kier molecular flexibility index (Phi) is 6.40. The fraction of sp³-hybridized carbons (Fsp3) is 0.647. The van der Waals surface area contributed by atoms with Gasteiger partial charge in [-0.1, -0.05) is 49.6 Å². The van der Waals surface area contributed by atoms with Crippen LogP contribution in [0.5, 0.6) is 0 Å². The zero-order chi connectivity index (χ0) is 14.3. The summed E-state index contributed by atoms with van der Waals surface area (Å²) in [5, 5.41) is 9.34. The van der Waals surface area contributed by atoms with Crippen molar-refractivity contribution in [3.05, 3.63) is 35.9 Å². The lowest BCUT2D eigenvalue weighted by Gasteiger charge is -2.40. The fourth-order valence-corrected chi connectivity index (χ4v) is 3.76. The van der Waals surface area contributed by atoms with Crippen LogP contribution < -0.4 is 0 Å². The summed E-state index contributed by atoms with van der Waals surface area (Å²) < 4.78 is 0. The van der Waals surface area contributed by atoms with Gasteiger partial charge in [0, 0.05) is 19.6 Å². The number of thiol groups is 1. The van der Waals surface area contributed by atoms with Crippen LogP contribution in [0.2, 0.25) is 0 Å². The maximum atomic E-state index is 9.34. The van der Waals surface area contributed by atoms with Crippen molar-refractivity contribution in [1.29, 1.82) is 0 Å². The first-order valence-electron chi connectivity index (χ1n) is 7.76. The highest BCUT2D eigenvalue weighted by Gasteiger charge is 2.32. The summed E-state index contributed by atoms with van der Waals surface area (Å²) in [7, 11) is 0. The van der Waals surface area contributed by atoms with Crippen molar-refractivity contribution in [2.45, 2.75) is 38.6 Å². The monoisotopic (exact) mass is 293 g/mol. The van der Waals surface area contributed by atoms with E-state index in [4.69, 9.17) is 0 Å². The average molecular weight is 293 g/mol. The lowest BCUT2D eigenvalue weighted by molar-refractivity contribution is 0.103. The van der Waals surface area contributed by atoms with Crippen LogP contribution in [0.1, 0.15) is 37.7 Å². The molecule has 1 aliphatic rings. The summed E-state index contributed by atoms with van der Waals surface area (Å²) in [4.78, 5) is 2.40. The third-order valence-electron chi connectivity index (χ3n) is 4.47. The van der Waals surface area contributed by atoms with Gasteiger partial charge in [0.25, 0.3) is 0 Å². The van der Waals surface area contributed by atoms with E-state index in [-0.39, 0.29) is 6.61 Å². The lowest BCUT2D eigenvalue weighted by atomic mass is 9.75. The molecule has 0 amide bonds. The van der Waals surface area contributed by atoms with Gasteiger partial charge >= 0.3 is 0 Å². The van der Waals surface area contributed by atoms with E-state index in [1.165, 1.54) is 37.7 Å². The number of aliphatic hydroxyl groups excluding tert-OH is 1. The van der Waals surface area contributed by atoms with E-state index >= 15 is 0 Å². The van der Waals surface area contributed by atoms with Crippen LogP contribution >= 0.6 is 12.6 Å². The second kappa shape index (κ2) is 8.06. The molecule has 0 saturated heterocycles. The Balaban J connectivity index is 2.00. The molecule has 1 aromatic carbocycles. The second-order valence-electron chi connectivity index (χ2n) is 6.14. The van der Waals surface area contributed by atoms with Gasteiger partial charge < -0.3 is 5.11 Å². The number of aliphatic hydroxyl groups is 1. The summed E-state index contributed by atoms with van der Waals surface area (Å²) in [5.41, 5.74) is 1.68. The van der Waals surface area contributed by atoms with Crippen molar-refractivity contribution >= 4 is 12.6 Å². The normalized spacial score (nSPS) is 18.4. The van der Waals surface area contributed by atoms with Gasteiger partial charge in [0.15, 0.2) is 0 Å². The first-order valence-corrected chi connectivity index (χ1v) is 8.39. The van der Waals surface area contributed by atoms with E-state index in [0.717, 1.165) is 25.4 Å². The molecule has 1 N–H and O–H groups in total. The Morgan fingerprint density at radius 2 is 1.80 bits per heavy atom. The first-order chi connectivity index (χ1) is 9.78.